The van der Waals surface area contributed by atoms with Gasteiger partial charge in [-0.15, -0.1) is 24.8 Å². The molecule has 1 aromatic rings. The molecule has 24 heavy (non-hydrogen) atoms. The maximum absolute atomic E-state index is 12.5. The Morgan fingerprint density at radius 3 is 2.21 bits per heavy atom. The van der Waals surface area contributed by atoms with Crippen LogP contribution >= 0.6 is 24.8 Å². The minimum Gasteiger partial charge on any atom is -0.341 e. The van der Waals surface area contributed by atoms with E-state index in [1.807, 2.05) is 35.2 Å². The first-order chi connectivity index (χ1) is 10.7. The van der Waals surface area contributed by atoms with E-state index in [0.29, 0.717) is 5.92 Å². The number of rotatable bonds is 6. The Kier molecular flexibility index (Phi) is 11.3. The third-order valence-electron chi connectivity index (χ3n) is 4.76. The molecule has 0 bridgehead atoms. The van der Waals surface area contributed by atoms with Crippen molar-refractivity contribution in [2.24, 2.45) is 11.7 Å². The van der Waals surface area contributed by atoms with E-state index in [0.717, 1.165) is 51.1 Å². The second-order valence-corrected chi connectivity index (χ2v) is 6.14. The molecule has 2 N–H and O–H groups in total. The minimum absolute atomic E-state index is 0. The molecule has 1 aliphatic rings. The molecule has 0 spiro atoms. The lowest BCUT2D eigenvalue weighted by molar-refractivity contribution is -0.134. The maximum atomic E-state index is 12.5. The molecule has 138 valence electrons. The third-order valence-corrected chi connectivity index (χ3v) is 4.76. The number of halogens is 2. The number of carbonyl (C=O) groups is 1. The van der Waals surface area contributed by atoms with Crippen molar-refractivity contribution in [3.63, 3.8) is 0 Å². The average Bonchev–Trinajstić information content (AvgIpc) is 2.59. The first-order valence-electron chi connectivity index (χ1n) is 8.47. The molecular weight excluding hydrogens is 345 g/mol. The van der Waals surface area contributed by atoms with Gasteiger partial charge in [0.2, 0.25) is 5.91 Å². The van der Waals surface area contributed by atoms with Crippen LogP contribution in [0.25, 0.3) is 0 Å². The lowest BCUT2D eigenvalue weighted by atomic mass is 9.95. The Balaban J connectivity index is 0.00000264. The van der Waals surface area contributed by atoms with Crippen molar-refractivity contribution in [1.82, 2.24) is 9.80 Å². The number of piperidine rings is 1. The van der Waals surface area contributed by atoms with Crippen LogP contribution in [0, 0.1) is 5.92 Å². The zero-order chi connectivity index (χ0) is 15.9. The molecule has 6 heteroatoms. The molecule has 1 unspecified atom stereocenters. The summed E-state index contributed by atoms with van der Waals surface area (Å²) < 4.78 is 0. The van der Waals surface area contributed by atoms with Crippen LogP contribution in [-0.2, 0) is 4.79 Å². The van der Waals surface area contributed by atoms with E-state index in [1.54, 1.807) is 0 Å². The highest BCUT2D eigenvalue weighted by Gasteiger charge is 2.27. The van der Waals surface area contributed by atoms with E-state index in [-0.39, 0.29) is 30.7 Å². The quantitative estimate of drug-likeness (QED) is 0.830. The number of likely N-dealkylation sites (tertiary alicyclic amines) is 1. The van der Waals surface area contributed by atoms with Gasteiger partial charge in [0, 0.05) is 19.6 Å². The number of hydrogen-bond donors (Lipinski definition) is 1. The number of nitrogens with zero attached hydrogens (tertiary/aromatic N) is 2. The van der Waals surface area contributed by atoms with Gasteiger partial charge in [0.05, 0.1) is 0 Å². The highest BCUT2D eigenvalue weighted by atomic mass is 35.5. The lowest BCUT2D eigenvalue weighted by Crippen LogP contribution is -2.45. The summed E-state index contributed by atoms with van der Waals surface area (Å²) in [4.78, 5) is 16.9. The lowest BCUT2D eigenvalue weighted by Gasteiger charge is -2.35. The number of amides is 1. The second kappa shape index (κ2) is 11.7. The van der Waals surface area contributed by atoms with Crippen LogP contribution in [0.5, 0.6) is 0 Å². The number of benzene rings is 1. The molecule has 0 aliphatic carbocycles. The van der Waals surface area contributed by atoms with Crippen molar-refractivity contribution < 1.29 is 4.79 Å². The van der Waals surface area contributed by atoms with E-state index < -0.39 is 6.04 Å². The molecule has 0 radical (unpaired) electrons. The van der Waals surface area contributed by atoms with E-state index in [1.165, 1.54) is 0 Å². The smallest absolute Gasteiger partial charge is 0.244 e. The van der Waals surface area contributed by atoms with Gasteiger partial charge in [-0.2, -0.15) is 0 Å². The van der Waals surface area contributed by atoms with Crippen LogP contribution in [0.4, 0.5) is 0 Å². The largest absolute Gasteiger partial charge is 0.341 e. The van der Waals surface area contributed by atoms with Crippen molar-refractivity contribution in [2.75, 3.05) is 32.7 Å². The topological polar surface area (TPSA) is 49.6 Å². The van der Waals surface area contributed by atoms with Crippen LogP contribution < -0.4 is 5.73 Å². The Hall–Kier alpha value is -0.810. The fourth-order valence-electron chi connectivity index (χ4n) is 3.18. The number of carbonyl (C=O) groups excluding carboxylic acids is 1. The van der Waals surface area contributed by atoms with Crippen LogP contribution in [0.2, 0.25) is 0 Å². The molecule has 1 heterocycles. The summed E-state index contributed by atoms with van der Waals surface area (Å²) in [7, 11) is 0. The standard InChI is InChI=1S/C18H29N3O.2ClH/c1-3-20(4-2)14-15-10-12-21(13-11-15)18(22)17(19)16-8-6-5-7-9-16;;/h5-9,15,17H,3-4,10-14,19H2,1-2H3;2*1H. The maximum Gasteiger partial charge on any atom is 0.244 e. The molecule has 1 aliphatic heterocycles. The van der Waals surface area contributed by atoms with Crippen molar-refractivity contribution in [3.8, 4) is 0 Å². The Bertz CT molecular complexity index is 461. The normalized spacial score (nSPS) is 16.2. The van der Waals surface area contributed by atoms with Crippen LogP contribution in [0.3, 0.4) is 0 Å². The van der Waals surface area contributed by atoms with E-state index in [4.69, 9.17) is 5.73 Å². The van der Waals surface area contributed by atoms with Crippen molar-refractivity contribution >= 4 is 30.7 Å². The Morgan fingerprint density at radius 1 is 1.17 bits per heavy atom. The molecule has 1 atom stereocenters. The van der Waals surface area contributed by atoms with Gasteiger partial charge < -0.3 is 15.5 Å². The summed E-state index contributed by atoms with van der Waals surface area (Å²) >= 11 is 0. The summed E-state index contributed by atoms with van der Waals surface area (Å²) in [6, 6.07) is 9.13. The summed E-state index contributed by atoms with van der Waals surface area (Å²) in [5, 5.41) is 0. The van der Waals surface area contributed by atoms with Gasteiger partial charge in [0.15, 0.2) is 0 Å². The molecule has 4 nitrogen and oxygen atoms in total. The summed E-state index contributed by atoms with van der Waals surface area (Å²) in [6.07, 6.45) is 2.17. The number of nitrogens with two attached hydrogens (primary N) is 1. The van der Waals surface area contributed by atoms with Crippen molar-refractivity contribution in [3.05, 3.63) is 35.9 Å². The zero-order valence-corrected chi connectivity index (χ0v) is 16.3. The summed E-state index contributed by atoms with van der Waals surface area (Å²) in [6.45, 7) is 9.46. The highest BCUT2D eigenvalue weighted by Crippen LogP contribution is 2.21. The van der Waals surface area contributed by atoms with Gasteiger partial charge in [-0.1, -0.05) is 44.2 Å². The van der Waals surface area contributed by atoms with Gasteiger partial charge in [-0.25, -0.2) is 0 Å². The molecule has 0 aromatic heterocycles. The monoisotopic (exact) mass is 375 g/mol. The number of hydrogen-bond acceptors (Lipinski definition) is 3. The van der Waals surface area contributed by atoms with Gasteiger partial charge in [0.1, 0.15) is 6.04 Å². The first-order valence-corrected chi connectivity index (χ1v) is 8.47. The second-order valence-electron chi connectivity index (χ2n) is 6.14. The van der Waals surface area contributed by atoms with Gasteiger partial charge in [0.25, 0.3) is 0 Å². The molecule has 1 aromatic carbocycles. The predicted molar refractivity (Wildman–Crippen MR) is 105 cm³/mol. The van der Waals surface area contributed by atoms with Crippen LogP contribution in [0.15, 0.2) is 30.3 Å². The molecule has 1 amide bonds. The van der Waals surface area contributed by atoms with Crippen LogP contribution in [-0.4, -0.2) is 48.4 Å². The molecular formula is C18H31Cl2N3O. The zero-order valence-electron chi connectivity index (χ0n) is 14.7. The molecule has 1 fully saturated rings. The Labute approximate surface area is 158 Å². The fraction of sp³-hybridized carbons (Fsp3) is 0.611. The van der Waals surface area contributed by atoms with Gasteiger partial charge in [-0.05, 0) is 37.4 Å². The minimum atomic E-state index is -0.527. The van der Waals surface area contributed by atoms with Gasteiger partial charge >= 0.3 is 0 Å². The predicted octanol–water partition coefficient (Wildman–Crippen LogP) is 3.11. The SMILES string of the molecule is CCN(CC)CC1CCN(C(=O)C(N)c2ccccc2)CC1.Cl.Cl. The third kappa shape index (κ3) is 6.25. The molecule has 2 rings (SSSR count). The van der Waals surface area contributed by atoms with E-state index in [9.17, 15) is 4.79 Å². The first kappa shape index (κ1) is 23.2. The van der Waals surface area contributed by atoms with Gasteiger partial charge in [-0.3, -0.25) is 4.79 Å². The molecule has 1 saturated heterocycles. The highest BCUT2D eigenvalue weighted by molar-refractivity contribution is 5.85. The Morgan fingerprint density at radius 2 is 1.71 bits per heavy atom. The average molecular weight is 376 g/mol. The molecule has 0 saturated carbocycles. The van der Waals surface area contributed by atoms with E-state index in [2.05, 4.69) is 18.7 Å². The van der Waals surface area contributed by atoms with Crippen molar-refractivity contribution in [2.45, 2.75) is 32.7 Å². The van der Waals surface area contributed by atoms with Crippen molar-refractivity contribution in [1.29, 1.82) is 0 Å². The summed E-state index contributed by atoms with van der Waals surface area (Å²) in [5.74, 6) is 0.768. The fourth-order valence-corrected chi connectivity index (χ4v) is 3.18. The van der Waals surface area contributed by atoms with E-state index >= 15 is 0 Å². The summed E-state index contributed by atoms with van der Waals surface area (Å²) in [5.41, 5.74) is 7.03. The van der Waals surface area contributed by atoms with Crippen LogP contribution in [0.1, 0.15) is 38.3 Å².